The second-order valence-corrected chi connectivity index (χ2v) is 9.51. The first-order chi connectivity index (χ1) is 17.3. The molecule has 8 nitrogen and oxygen atoms in total. The molecular weight excluding hydrogens is 454 g/mol. The Bertz CT molecular complexity index is 1500. The van der Waals surface area contributed by atoms with Crippen LogP contribution in [0.2, 0.25) is 0 Å². The summed E-state index contributed by atoms with van der Waals surface area (Å²) in [5, 5.41) is 23.0. The summed E-state index contributed by atoms with van der Waals surface area (Å²) in [6, 6.07) is 18.4. The number of rotatable bonds is 6. The Morgan fingerprint density at radius 2 is 1.72 bits per heavy atom. The summed E-state index contributed by atoms with van der Waals surface area (Å²) in [6.45, 7) is 0.351. The zero-order valence-electron chi connectivity index (χ0n) is 19.8. The molecule has 3 aromatic carbocycles. The molecule has 0 aliphatic heterocycles. The van der Waals surface area contributed by atoms with Crippen LogP contribution in [0.1, 0.15) is 57.7 Å². The zero-order valence-corrected chi connectivity index (χ0v) is 19.8. The average Bonchev–Trinajstić information content (AvgIpc) is 3.23. The number of hydrogen-bond acceptors (Lipinski definition) is 4. The highest BCUT2D eigenvalue weighted by molar-refractivity contribution is 6.05. The van der Waals surface area contributed by atoms with Crippen molar-refractivity contribution in [1.29, 1.82) is 5.41 Å². The predicted octanol–water partition coefficient (Wildman–Crippen LogP) is 3.82. The smallest absolute Gasteiger partial charge is 0.336 e. The Labute approximate surface area is 208 Å². The fraction of sp³-hybridized carbons (Fsp3) is 0.250. The van der Waals surface area contributed by atoms with Crippen LogP contribution in [0.15, 0.2) is 60.7 Å². The molecule has 1 fully saturated rings. The van der Waals surface area contributed by atoms with Crippen LogP contribution >= 0.6 is 0 Å². The van der Waals surface area contributed by atoms with Gasteiger partial charge in [-0.25, -0.2) is 4.79 Å². The van der Waals surface area contributed by atoms with Crippen LogP contribution in [0.25, 0.3) is 21.7 Å². The molecule has 1 aliphatic rings. The van der Waals surface area contributed by atoms with Crippen molar-refractivity contribution in [2.45, 2.75) is 44.3 Å². The minimum atomic E-state index is -0.984. The molecule has 7 N–H and O–H groups in total. The molecule has 4 aromatic rings. The van der Waals surface area contributed by atoms with Crippen molar-refractivity contribution < 1.29 is 14.7 Å². The van der Waals surface area contributed by atoms with Crippen LogP contribution in [0.4, 0.5) is 0 Å². The van der Waals surface area contributed by atoms with E-state index in [0.29, 0.717) is 23.2 Å². The number of nitrogens with two attached hydrogens (primary N) is 2. The first kappa shape index (κ1) is 23.6. The van der Waals surface area contributed by atoms with Gasteiger partial charge in [0.1, 0.15) is 11.5 Å². The first-order valence-electron chi connectivity index (χ1n) is 12.1. The Hall–Kier alpha value is -4.17. The van der Waals surface area contributed by atoms with E-state index in [9.17, 15) is 14.7 Å². The van der Waals surface area contributed by atoms with E-state index in [1.54, 1.807) is 24.3 Å². The molecule has 1 aliphatic carbocycles. The summed E-state index contributed by atoms with van der Waals surface area (Å²) < 4.78 is 1.92. The van der Waals surface area contributed by atoms with Gasteiger partial charge in [0.15, 0.2) is 0 Å². The van der Waals surface area contributed by atoms with E-state index in [-0.39, 0.29) is 29.4 Å². The number of amidine groups is 1. The summed E-state index contributed by atoms with van der Waals surface area (Å²) in [5.41, 5.74) is 14.8. The number of carboxylic acids is 1. The number of carbonyl (C=O) groups is 2. The van der Waals surface area contributed by atoms with Crippen molar-refractivity contribution in [2.75, 3.05) is 0 Å². The highest BCUT2D eigenvalue weighted by Crippen LogP contribution is 2.28. The van der Waals surface area contributed by atoms with E-state index in [4.69, 9.17) is 16.9 Å². The molecule has 1 saturated carbocycles. The van der Waals surface area contributed by atoms with Gasteiger partial charge >= 0.3 is 5.97 Å². The largest absolute Gasteiger partial charge is 0.478 e. The number of benzene rings is 3. The molecule has 1 amide bonds. The molecule has 36 heavy (non-hydrogen) atoms. The van der Waals surface area contributed by atoms with E-state index in [1.807, 2.05) is 41.0 Å². The third-order valence-electron chi connectivity index (χ3n) is 7.13. The number of aromatic nitrogens is 1. The van der Waals surface area contributed by atoms with Crippen LogP contribution in [0.3, 0.4) is 0 Å². The Morgan fingerprint density at radius 3 is 2.42 bits per heavy atom. The number of amides is 1. The number of nitrogens with zero attached hydrogens (tertiary/aromatic N) is 1. The van der Waals surface area contributed by atoms with Gasteiger partial charge < -0.3 is 26.5 Å². The number of hydrogen-bond donors (Lipinski definition) is 5. The predicted molar refractivity (Wildman–Crippen MR) is 141 cm³/mol. The maximum Gasteiger partial charge on any atom is 0.336 e. The van der Waals surface area contributed by atoms with E-state index in [2.05, 4.69) is 5.32 Å². The Balaban J connectivity index is 1.60. The van der Waals surface area contributed by atoms with Gasteiger partial charge in [-0.15, -0.1) is 0 Å². The molecular formula is C28H29N5O3. The van der Waals surface area contributed by atoms with E-state index >= 15 is 0 Å². The third kappa shape index (κ3) is 4.43. The number of fused-ring (bicyclic) bond motifs is 2. The summed E-state index contributed by atoms with van der Waals surface area (Å²) in [4.78, 5) is 25.3. The average molecular weight is 484 g/mol. The Morgan fingerprint density at radius 1 is 1.00 bits per heavy atom. The van der Waals surface area contributed by atoms with Gasteiger partial charge in [0.2, 0.25) is 0 Å². The number of nitrogens with one attached hydrogen (secondary N) is 2. The molecule has 0 atom stereocenters. The lowest BCUT2D eigenvalue weighted by atomic mass is 9.92. The second-order valence-electron chi connectivity index (χ2n) is 9.51. The maximum atomic E-state index is 13.5. The van der Waals surface area contributed by atoms with E-state index in [0.717, 1.165) is 47.5 Å². The zero-order chi connectivity index (χ0) is 25.4. The molecule has 0 unspecified atom stereocenters. The topological polar surface area (TPSA) is 147 Å². The van der Waals surface area contributed by atoms with Gasteiger partial charge in [-0.1, -0.05) is 42.5 Å². The Kier molecular flexibility index (Phi) is 6.20. The first-order valence-corrected chi connectivity index (χ1v) is 12.1. The third-order valence-corrected chi connectivity index (χ3v) is 7.13. The minimum absolute atomic E-state index is 0.0505. The maximum absolute atomic E-state index is 13.5. The van der Waals surface area contributed by atoms with E-state index < -0.39 is 5.97 Å². The van der Waals surface area contributed by atoms with Crippen molar-refractivity contribution in [2.24, 2.45) is 11.5 Å². The van der Waals surface area contributed by atoms with Crippen molar-refractivity contribution in [3.63, 3.8) is 0 Å². The van der Waals surface area contributed by atoms with Crippen molar-refractivity contribution >= 4 is 39.4 Å². The molecule has 5 rings (SSSR count). The van der Waals surface area contributed by atoms with Crippen LogP contribution in [0.5, 0.6) is 0 Å². The fourth-order valence-corrected chi connectivity index (χ4v) is 5.16. The lowest BCUT2D eigenvalue weighted by Crippen LogP contribution is -2.41. The SMILES string of the molecule is N=C(N)c1ccc2cc(C(=O)NC3CCC(N)CC3)n(Cc3ccc(C(=O)O)c4ccccc34)c2c1. The second kappa shape index (κ2) is 9.47. The monoisotopic (exact) mass is 483 g/mol. The van der Waals surface area contributed by atoms with Crippen LogP contribution in [0, 0.1) is 5.41 Å². The molecule has 0 spiro atoms. The van der Waals surface area contributed by atoms with Crippen LogP contribution in [-0.2, 0) is 6.54 Å². The number of nitrogen functional groups attached to an aromatic ring is 1. The molecule has 0 saturated heterocycles. The highest BCUT2D eigenvalue weighted by Gasteiger charge is 2.24. The summed E-state index contributed by atoms with van der Waals surface area (Å²) in [6.07, 6.45) is 3.47. The summed E-state index contributed by atoms with van der Waals surface area (Å²) >= 11 is 0. The van der Waals surface area contributed by atoms with Gasteiger partial charge in [-0.05, 0) is 60.2 Å². The lowest BCUT2D eigenvalue weighted by Gasteiger charge is -2.27. The van der Waals surface area contributed by atoms with E-state index in [1.165, 1.54) is 0 Å². The molecule has 0 radical (unpaired) electrons. The molecule has 1 heterocycles. The van der Waals surface area contributed by atoms with Gasteiger partial charge in [-0.2, -0.15) is 0 Å². The number of carboxylic acid groups (broad SMARTS) is 1. The van der Waals surface area contributed by atoms with Gasteiger partial charge in [-0.3, -0.25) is 10.2 Å². The standard InChI is InChI=1S/C28H29N5O3/c29-19-8-10-20(11-9-19)32-27(34)25-13-16-5-6-17(26(30)31)14-24(16)33(25)15-18-7-12-23(28(35)36)22-4-2-1-3-21(18)22/h1-7,12-14,19-20H,8-11,15,29H2,(H3,30,31)(H,32,34)(H,35,36). The molecule has 184 valence electrons. The van der Waals surface area contributed by atoms with Crippen LogP contribution < -0.4 is 16.8 Å². The van der Waals surface area contributed by atoms with Gasteiger partial charge in [0, 0.05) is 35.1 Å². The quantitative estimate of drug-likeness (QED) is 0.209. The fourth-order valence-electron chi connectivity index (χ4n) is 5.16. The molecule has 1 aromatic heterocycles. The summed E-state index contributed by atoms with van der Waals surface area (Å²) in [5.74, 6) is -1.20. The number of aromatic carboxylic acids is 1. The number of carbonyl (C=O) groups excluding carboxylic acids is 1. The van der Waals surface area contributed by atoms with Crippen LogP contribution in [-0.4, -0.2) is 39.5 Å². The van der Waals surface area contributed by atoms with Crippen molar-refractivity contribution in [3.05, 3.63) is 83.0 Å². The van der Waals surface area contributed by atoms with Crippen molar-refractivity contribution in [1.82, 2.24) is 9.88 Å². The normalized spacial score (nSPS) is 17.8. The summed E-state index contributed by atoms with van der Waals surface area (Å²) in [7, 11) is 0. The lowest BCUT2D eigenvalue weighted by molar-refractivity contribution is 0.0698. The van der Waals surface area contributed by atoms with Crippen molar-refractivity contribution in [3.8, 4) is 0 Å². The molecule has 0 bridgehead atoms. The molecule has 8 heteroatoms. The van der Waals surface area contributed by atoms with Gasteiger partial charge in [0.05, 0.1) is 5.56 Å². The highest BCUT2D eigenvalue weighted by atomic mass is 16.4. The minimum Gasteiger partial charge on any atom is -0.478 e. The van der Waals surface area contributed by atoms with Gasteiger partial charge in [0.25, 0.3) is 5.91 Å².